The number of hydrogen-bond donors (Lipinski definition) is 1. The molecule has 27 heavy (non-hydrogen) atoms. The van der Waals surface area contributed by atoms with Crippen LogP contribution in [0.25, 0.3) is 0 Å². The van der Waals surface area contributed by atoms with E-state index in [4.69, 9.17) is 9.97 Å². The van der Waals surface area contributed by atoms with Crippen LogP contribution in [0.4, 0.5) is 0 Å². The number of likely N-dealkylation sites (tertiary alicyclic amines) is 1. The summed E-state index contributed by atoms with van der Waals surface area (Å²) in [6, 6.07) is 0. The molecule has 2 rings (SSSR count). The summed E-state index contributed by atoms with van der Waals surface area (Å²) in [5.41, 5.74) is 2.65. The van der Waals surface area contributed by atoms with E-state index < -0.39 is 0 Å². The Labute approximate surface area is 163 Å². The van der Waals surface area contributed by atoms with Crippen LogP contribution in [-0.2, 0) is 16.0 Å². The Morgan fingerprint density at radius 2 is 1.89 bits per heavy atom. The number of rotatable bonds is 7. The van der Waals surface area contributed by atoms with Crippen molar-refractivity contribution >= 4 is 11.8 Å². The fraction of sp³-hybridized carbons (Fsp3) is 0.714. The molecule has 0 spiro atoms. The highest BCUT2D eigenvalue weighted by molar-refractivity contribution is 5.79. The smallest absolute Gasteiger partial charge is 0.224 e. The molecule has 0 aliphatic carbocycles. The molecule has 2 amide bonds. The number of amides is 2. The zero-order valence-corrected chi connectivity index (χ0v) is 17.5. The van der Waals surface area contributed by atoms with Gasteiger partial charge in [0.15, 0.2) is 0 Å². The average Bonchev–Trinajstić information content (AvgIpc) is 2.62. The summed E-state index contributed by atoms with van der Waals surface area (Å²) in [6.07, 6.45) is 3.82. The molecule has 0 aromatic carbocycles. The second-order valence-corrected chi connectivity index (χ2v) is 8.03. The molecule has 1 saturated heterocycles. The minimum Gasteiger partial charge on any atom is -0.356 e. The molecular formula is C21H34N4O2. The van der Waals surface area contributed by atoms with E-state index in [2.05, 4.69) is 19.2 Å². The van der Waals surface area contributed by atoms with Crippen molar-refractivity contribution < 1.29 is 9.59 Å². The van der Waals surface area contributed by atoms with Crippen molar-refractivity contribution in [1.29, 1.82) is 0 Å². The Morgan fingerprint density at radius 1 is 1.22 bits per heavy atom. The van der Waals surface area contributed by atoms with E-state index in [1.807, 2.05) is 25.7 Å². The van der Waals surface area contributed by atoms with Gasteiger partial charge in [-0.05, 0) is 39.0 Å². The lowest BCUT2D eigenvalue weighted by Gasteiger charge is -2.33. The summed E-state index contributed by atoms with van der Waals surface area (Å²) in [4.78, 5) is 35.9. The molecule has 2 heterocycles. The quantitative estimate of drug-likeness (QED) is 0.796. The third-order valence-electron chi connectivity index (χ3n) is 5.07. The normalized spacial score (nSPS) is 17.3. The van der Waals surface area contributed by atoms with Crippen molar-refractivity contribution in [2.45, 2.75) is 72.6 Å². The van der Waals surface area contributed by atoms with Crippen LogP contribution in [0.3, 0.4) is 0 Å². The summed E-state index contributed by atoms with van der Waals surface area (Å²) in [5.74, 6) is 1.60. The van der Waals surface area contributed by atoms with Crippen molar-refractivity contribution in [2.75, 3.05) is 19.6 Å². The van der Waals surface area contributed by atoms with Gasteiger partial charge in [-0.15, -0.1) is 0 Å². The molecule has 1 fully saturated rings. The second-order valence-electron chi connectivity index (χ2n) is 8.03. The molecule has 1 N–H and O–H groups in total. The Morgan fingerprint density at radius 3 is 2.48 bits per heavy atom. The van der Waals surface area contributed by atoms with Gasteiger partial charge < -0.3 is 10.2 Å². The number of hydrogen-bond acceptors (Lipinski definition) is 4. The molecule has 1 aromatic heterocycles. The van der Waals surface area contributed by atoms with E-state index in [1.165, 1.54) is 0 Å². The molecule has 1 aliphatic rings. The van der Waals surface area contributed by atoms with E-state index in [-0.39, 0.29) is 17.7 Å². The molecule has 1 aromatic rings. The molecule has 0 unspecified atom stereocenters. The summed E-state index contributed by atoms with van der Waals surface area (Å²) >= 11 is 0. The van der Waals surface area contributed by atoms with Gasteiger partial charge in [0.2, 0.25) is 11.8 Å². The average molecular weight is 375 g/mol. The molecule has 0 bridgehead atoms. The second kappa shape index (κ2) is 9.81. The fourth-order valence-corrected chi connectivity index (χ4v) is 3.58. The highest BCUT2D eigenvalue weighted by Gasteiger charge is 2.27. The number of carbonyl (C=O) groups is 2. The highest BCUT2D eigenvalue weighted by atomic mass is 16.2. The molecule has 0 radical (unpaired) electrons. The molecule has 1 atom stereocenters. The van der Waals surface area contributed by atoms with Crippen LogP contribution in [0.1, 0.15) is 75.1 Å². The van der Waals surface area contributed by atoms with Crippen LogP contribution in [0.15, 0.2) is 0 Å². The van der Waals surface area contributed by atoms with E-state index in [0.29, 0.717) is 31.8 Å². The Hall–Kier alpha value is -1.98. The topological polar surface area (TPSA) is 75.2 Å². The van der Waals surface area contributed by atoms with E-state index in [9.17, 15) is 9.59 Å². The maximum absolute atomic E-state index is 12.4. The van der Waals surface area contributed by atoms with Gasteiger partial charge >= 0.3 is 0 Å². The summed E-state index contributed by atoms with van der Waals surface area (Å²) in [5, 5.41) is 2.91. The van der Waals surface area contributed by atoms with Crippen molar-refractivity contribution in [3.05, 3.63) is 22.8 Å². The first-order chi connectivity index (χ1) is 12.8. The van der Waals surface area contributed by atoms with Crippen molar-refractivity contribution in [1.82, 2.24) is 20.2 Å². The van der Waals surface area contributed by atoms with E-state index >= 15 is 0 Å². The fourth-order valence-electron chi connectivity index (χ4n) is 3.58. The van der Waals surface area contributed by atoms with Gasteiger partial charge in [0, 0.05) is 48.9 Å². The van der Waals surface area contributed by atoms with Crippen molar-refractivity contribution in [2.24, 2.45) is 5.92 Å². The monoisotopic (exact) mass is 374 g/mol. The minimum atomic E-state index is 0.0162. The molecular weight excluding hydrogens is 340 g/mol. The maximum Gasteiger partial charge on any atom is 0.224 e. The van der Waals surface area contributed by atoms with Crippen LogP contribution in [0.2, 0.25) is 0 Å². The minimum absolute atomic E-state index is 0.0162. The Kier molecular flexibility index (Phi) is 7.75. The number of carbonyl (C=O) groups excluding carboxylic acids is 2. The molecule has 150 valence electrons. The number of aryl methyl sites for hydroxylation is 2. The largest absolute Gasteiger partial charge is 0.356 e. The number of nitrogens with zero attached hydrogens (tertiary/aromatic N) is 3. The van der Waals surface area contributed by atoms with Gasteiger partial charge in [0.1, 0.15) is 5.82 Å². The lowest BCUT2D eigenvalue weighted by Crippen LogP contribution is -2.40. The van der Waals surface area contributed by atoms with Crippen LogP contribution in [0, 0.1) is 19.8 Å². The lowest BCUT2D eigenvalue weighted by atomic mass is 9.95. The van der Waals surface area contributed by atoms with E-state index in [0.717, 1.165) is 48.6 Å². The Bertz CT molecular complexity index is 649. The highest BCUT2D eigenvalue weighted by Crippen LogP contribution is 2.26. The van der Waals surface area contributed by atoms with Gasteiger partial charge in [-0.1, -0.05) is 20.8 Å². The maximum atomic E-state index is 12.4. The predicted octanol–water partition coefficient (Wildman–Crippen LogP) is 2.91. The first-order valence-electron chi connectivity index (χ1n) is 10.2. The van der Waals surface area contributed by atoms with Gasteiger partial charge in [0.05, 0.1) is 6.42 Å². The molecule has 1 aliphatic heterocycles. The first kappa shape index (κ1) is 21.3. The molecule has 0 saturated carbocycles. The number of piperidine rings is 1. The van der Waals surface area contributed by atoms with Crippen LogP contribution < -0.4 is 5.32 Å². The van der Waals surface area contributed by atoms with Crippen LogP contribution >= 0.6 is 0 Å². The number of aromatic nitrogens is 2. The standard InChI is InChI=1S/C21H34N4O2/c1-6-9-22-19(26)12-18-15(4)23-21(24-16(18)5)17-8-7-10-25(13-17)20(27)11-14(2)3/h14,17H,6-13H2,1-5H3,(H,22,26)/t17-/m1/s1. The predicted molar refractivity (Wildman–Crippen MR) is 107 cm³/mol. The first-order valence-corrected chi connectivity index (χ1v) is 10.2. The van der Waals surface area contributed by atoms with Crippen LogP contribution in [0.5, 0.6) is 0 Å². The van der Waals surface area contributed by atoms with Crippen LogP contribution in [-0.4, -0.2) is 46.3 Å². The zero-order chi connectivity index (χ0) is 20.0. The zero-order valence-electron chi connectivity index (χ0n) is 17.5. The third kappa shape index (κ3) is 6.01. The SMILES string of the molecule is CCCNC(=O)Cc1c(C)nc([C@@H]2CCCN(C(=O)CC(C)C)C2)nc1C. The molecule has 6 heteroatoms. The van der Waals surface area contributed by atoms with Gasteiger partial charge in [0.25, 0.3) is 0 Å². The Balaban J connectivity index is 2.10. The van der Waals surface area contributed by atoms with Gasteiger partial charge in [-0.25, -0.2) is 9.97 Å². The van der Waals surface area contributed by atoms with Crippen molar-refractivity contribution in [3.8, 4) is 0 Å². The third-order valence-corrected chi connectivity index (χ3v) is 5.07. The molecule has 6 nitrogen and oxygen atoms in total. The van der Waals surface area contributed by atoms with E-state index in [1.54, 1.807) is 0 Å². The number of nitrogens with one attached hydrogen (secondary N) is 1. The van der Waals surface area contributed by atoms with Gasteiger partial charge in [-0.3, -0.25) is 9.59 Å². The summed E-state index contributed by atoms with van der Waals surface area (Å²) in [7, 11) is 0. The van der Waals surface area contributed by atoms with Gasteiger partial charge in [-0.2, -0.15) is 0 Å². The summed E-state index contributed by atoms with van der Waals surface area (Å²) in [6.45, 7) is 12.3. The summed E-state index contributed by atoms with van der Waals surface area (Å²) < 4.78 is 0. The lowest BCUT2D eigenvalue weighted by molar-refractivity contribution is -0.133. The van der Waals surface area contributed by atoms with Crippen molar-refractivity contribution in [3.63, 3.8) is 0 Å².